The molecular weight excluding hydrogens is 304 g/mol. The topological polar surface area (TPSA) is 66.8 Å². The Morgan fingerprint density at radius 3 is 2.54 bits per heavy atom. The number of carbonyl (C=O) groups excluding carboxylic acids is 1. The summed E-state index contributed by atoms with van der Waals surface area (Å²) >= 11 is 0. The van der Waals surface area contributed by atoms with E-state index in [2.05, 4.69) is 13.8 Å². The van der Waals surface area contributed by atoms with Crippen LogP contribution >= 0.6 is 0 Å². The first-order chi connectivity index (χ1) is 11.5. The molecule has 2 aromatic rings. The Balaban J connectivity index is 2.21. The molecule has 0 aromatic heterocycles. The van der Waals surface area contributed by atoms with Gasteiger partial charge in [-0.1, -0.05) is 44.2 Å². The van der Waals surface area contributed by atoms with Gasteiger partial charge in [0.25, 0.3) is 0 Å². The van der Waals surface area contributed by atoms with E-state index >= 15 is 0 Å². The molecule has 0 saturated heterocycles. The van der Waals surface area contributed by atoms with E-state index in [1.165, 1.54) is 24.3 Å². The molecule has 2 rings (SSSR count). The number of hydrogen-bond acceptors (Lipinski definition) is 4. The number of benzene rings is 2. The van der Waals surface area contributed by atoms with Gasteiger partial charge in [0, 0.05) is 17.7 Å². The van der Waals surface area contributed by atoms with Crippen LogP contribution in [0.15, 0.2) is 48.5 Å². The Morgan fingerprint density at radius 1 is 1.17 bits per heavy atom. The van der Waals surface area contributed by atoms with E-state index in [4.69, 9.17) is 4.74 Å². The molecule has 2 N–H and O–H groups in total. The van der Waals surface area contributed by atoms with Gasteiger partial charge in [0.2, 0.25) is 0 Å². The third-order valence-corrected chi connectivity index (χ3v) is 3.52. The minimum Gasteiger partial charge on any atom is -0.508 e. The lowest BCUT2D eigenvalue weighted by molar-refractivity contribution is 0.104. The Kier molecular flexibility index (Phi) is 6.01. The van der Waals surface area contributed by atoms with Crippen LogP contribution in [-0.2, 0) is 0 Å². The highest BCUT2D eigenvalue weighted by molar-refractivity contribution is 6.07. The van der Waals surface area contributed by atoms with Gasteiger partial charge in [0.15, 0.2) is 5.78 Å². The maximum absolute atomic E-state index is 12.2. The predicted octanol–water partition coefficient (Wildman–Crippen LogP) is 4.42. The van der Waals surface area contributed by atoms with Crippen LogP contribution in [0.4, 0.5) is 0 Å². The number of ether oxygens (including phenoxy) is 1. The van der Waals surface area contributed by atoms with E-state index in [1.54, 1.807) is 24.3 Å². The molecule has 0 spiro atoms. The van der Waals surface area contributed by atoms with E-state index in [0.717, 1.165) is 6.42 Å². The van der Waals surface area contributed by atoms with Gasteiger partial charge < -0.3 is 14.9 Å². The van der Waals surface area contributed by atoms with E-state index in [0.29, 0.717) is 29.4 Å². The minimum atomic E-state index is -0.170. The van der Waals surface area contributed by atoms with Crippen LogP contribution in [0.2, 0.25) is 0 Å². The first kappa shape index (κ1) is 17.6. The van der Waals surface area contributed by atoms with Crippen LogP contribution in [0, 0.1) is 5.92 Å². The Hall–Kier alpha value is -2.75. The summed E-state index contributed by atoms with van der Waals surface area (Å²) in [5.41, 5.74) is 0.940. The summed E-state index contributed by atoms with van der Waals surface area (Å²) in [4.78, 5) is 12.2. The van der Waals surface area contributed by atoms with Gasteiger partial charge in [-0.05, 0) is 24.5 Å². The van der Waals surface area contributed by atoms with E-state index in [1.807, 2.05) is 6.07 Å². The van der Waals surface area contributed by atoms with Gasteiger partial charge in [0.05, 0.1) is 12.2 Å². The number of carbonyl (C=O) groups is 1. The monoisotopic (exact) mass is 326 g/mol. The second kappa shape index (κ2) is 8.20. The molecule has 0 bridgehead atoms. The molecule has 0 aliphatic carbocycles. The molecule has 0 radical (unpaired) electrons. The molecule has 0 heterocycles. The van der Waals surface area contributed by atoms with Gasteiger partial charge in [-0.2, -0.15) is 0 Å². The zero-order valence-electron chi connectivity index (χ0n) is 13.9. The number of ketones is 1. The van der Waals surface area contributed by atoms with Crippen molar-refractivity contribution in [3.05, 3.63) is 59.7 Å². The van der Waals surface area contributed by atoms with Gasteiger partial charge >= 0.3 is 0 Å². The van der Waals surface area contributed by atoms with Crippen molar-refractivity contribution in [1.29, 1.82) is 0 Å². The molecule has 24 heavy (non-hydrogen) atoms. The fourth-order valence-corrected chi connectivity index (χ4v) is 2.15. The number of phenolic OH excluding ortho intramolecular Hbond substituents is 2. The smallest absolute Gasteiger partial charge is 0.185 e. The maximum Gasteiger partial charge on any atom is 0.185 e. The number of hydrogen-bond donors (Lipinski definition) is 2. The summed E-state index contributed by atoms with van der Waals surface area (Å²) < 4.78 is 5.67. The quantitative estimate of drug-likeness (QED) is 0.584. The molecular formula is C20H22O4. The Bertz CT molecular complexity index is 718. The maximum atomic E-state index is 12.2. The van der Waals surface area contributed by atoms with Gasteiger partial charge in [-0.3, -0.25) is 4.79 Å². The Morgan fingerprint density at radius 2 is 1.88 bits per heavy atom. The van der Waals surface area contributed by atoms with Crippen molar-refractivity contribution < 1.29 is 19.7 Å². The highest BCUT2D eigenvalue weighted by Crippen LogP contribution is 2.34. The third-order valence-electron chi connectivity index (χ3n) is 3.52. The average Bonchev–Trinajstić information content (AvgIpc) is 2.54. The largest absolute Gasteiger partial charge is 0.508 e. The molecule has 0 atom stereocenters. The zero-order valence-corrected chi connectivity index (χ0v) is 13.9. The first-order valence-electron chi connectivity index (χ1n) is 7.93. The number of allylic oxidation sites excluding steroid dienone is 1. The Labute approximate surface area is 142 Å². The number of rotatable bonds is 7. The molecule has 0 amide bonds. The summed E-state index contributed by atoms with van der Waals surface area (Å²) in [7, 11) is 0. The third kappa shape index (κ3) is 4.88. The van der Waals surface area contributed by atoms with Crippen LogP contribution in [0.5, 0.6) is 17.2 Å². The van der Waals surface area contributed by atoms with Crippen LogP contribution < -0.4 is 4.74 Å². The van der Waals surface area contributed by atoms with Crippen molar-refractivity contribution in [2.24, 2.45) is 5.92 Å². The normalized spacial score (nSPS) is 11.1. The molecule has 0 aliphatic rings. The highest BCUT2D eigenvalue weighted by atomic mass is 16.5. The summed E-state index contributed by atoms with van der Waals surface area (Å²) in [5, 5.41) is 19.7. The van der Waals surface area contributed by atoms with E-state index < -0.39 is 0 Å². The molecule has 4 nitrogen and oxygen atoms in total. The minimum absolute atomic E-state index is 0.0846. The fourth-order valence-electron chi connectivity index (χ4n) is 2.15. The van der Waals surface area contributed by atoms with Gasteiger partial charge in [-0.15, -0.1) is 0 Å². The second-order valence-electron chi connectivity index (χ2n) is 5.97. The van der Waals surface area contributed by atoms with Gasteiger partial charge in [0.1, 0.15) is 17.2 Å². The highest BCUT2D eigenvalue weighted by Gasteiger charge is 2.11. The average molecular weight is 326 g/mol. The lowest BCUT2D eigenvalue weighted by Crippen LogP contribution is -2.02. The summed E-state index contributed by atoms with van der Waals surface area (Å²) in [6.45, 7) is 4.64. The van der Waals surface area contributed by atoms with Gasteiger partial charge in [-0.25, -0.2) is 0 Å². The molecule has 4 heteroatoms. The van der Waals surface area contributed by atoms with Crippen LogP contribution in [0.25, 0.3) is 6.08 Å². The molecule has 126 valence electrons. The summed E-state index contributed by atoms with van der Waals surface area (Å²) in [5.74, 6) is 0.446. The lowest BCUT2D eigenvalue weighted by atomic mass is 10.1. The predicted molar refractivity (Wildman–Crippen MR) is 94.5 cm³/mol. The fraction of sp³-hybridized carbons (Fsp3) is 0.250. The van der Waals surface area contributed by atoms with Crippen molar-refractivity contribution in [1.82, 2.24) is 0 Å². The molecule has 0 unspecified atom stereocenters. The van der Waals surface area contributed by atoms with E-state index in [9.17, 15) is 15.0 Å². The summed E-state index contributed by atoms with van der Waals surface area (Å²) in [6, 6.07) is 11.5. The lowest BCUT2D eigenvalue weighted by Gasteiger charge is -2.12. The van der Waals surface area contributed by atoms with Crippen molar-refractivity contribution in [3.8, 4) is 17.2 Å². The molecule has 0 saturated carbocycles. The number of phenols is 2. The van der Waals surface area contributed by atoms with Crippen molar-refractivity contribution in [3.63, 3.8) is 0 Å². The van der Waals surface area contributed by atoms with Crippen molar-refractivity contribution in [2.75, 3.05) is 6.61 Å². The zero-order chi connectivity index (χ0) is 17.5. The second-order valence-corrected chi connectivity index (χ2v) is 5.97. The van der Waals surface area contributed by atoms with Crippen LogP contribution in [0.1, 0.15) is 36.2 Å². The van der Waals surface area contributed by atoms with Crippen molar-refractivity contribution in [2.45, 2.75) is 20.3 Å². The van der Waals surface area contributed by atoms with Crippen LogP contribution in [-0.4, -0.2) is 22.6 Å². The van der Waals surface area contributed by atoms with E-state index in [-0.39, 0.29) is 17.3 Å². The van der Waals surface area contributed by atoms with Crippen molar-refractivity contribution >= 4 is 11.9 Å². The summed E-state index contributed by atoms with van der Waals surface area (Å²) in [6.07, 6.45) is 3.74. The number of aromatic hydroxyl groups is 2. The SMILES string of the molecule is CC(C)CCOc1cc(O)cc(O)c1C=CC(=O)c1ccccc1. The first-order valence-corrected chi connectivity index (χ1v) is 7.93. The molecule has 0 aliphatic heterocycles. The molecule has 2 aromatic carbocycles. The molecule has 0 fully saturated rings. The standard InChI is InChI=1S/C20H22O4/c1-14(2)10-11-24-20-13-16(21)12-19(23)17(20)8-9-18(22)15-6-4-3-5-7-15/h3-9,12-14,21,23H,10-11H2,1-2H3. The van der Waals surface area contributed by atoms with Crippen LogP contribution in [0.3, 0.4) is 0 Å².